The quantitative estimate of drug-likeness (QED) is 0.426. The van der Waals surface area contributed by atoms with E-state index in [0.717, 1.165) is 25.9 Å². The number of benzene rings is 1. The van der Waals surface area contributed by atoms with Crippen LogP contribution in [0.3, 0.4) is 0 Å². The third-order valence-electron chi connectivity index (χ3n) is 5.05. The number of ether oxygens (including phenoxy) is 1. The van der Waals surface area contributed by atoms with Crippen molar-refractivity contribution in [3.63, 3.8) is 0 Å². The average molecular weight is 356 g/mol. The molecule has 3 fully saturated rings. The minimum absolute atomic E-state index is 0.0850. The van der Waals surface area contributed by atoms with Crippen LogP contribution in [0.25, 0.3) is 0 Å². The van der Waals surface area contributed by atoms with Crippen molar-refractivity contribution in [2.75, 3.05) is 39.0 Å². The highest BCUT2D eigenvalue weighted by Gasteiger charge is 2.47. The molecule has 1 amide bonds. The Morgan fingerprint density at radius 2 is 2.17 bits per heavy atom. The Bertz CT molecular complexity index is 648. The molecule has 3 saturated heterocycles. The van der Waals surface area contributed by atoms with Crippen molar-refractivity contribution in [3.05, 3.63) is 22.7 Å². The molecule has 3 heterocycles. The number of methoxy groups -OCH3 is 1. The van der Waals surface area contributed by atoms with E-state index in [2.05, 4.69) is 4.90 Å². The van der Waals surface area contributed by atoms with Crippen LogP contribution in [-0.2, 0) is 0 Å². The Hall–Kier alpha value is -1.54. The maximum atomic E-state index is 12.6. The van der Waals surface area contributed by atoms with E-state index in [1.54, 1.807) is 0 Å². The van der Waals surface area contributed by atoms with Gasteiger partial charge in [-0.05, 0) is 37.9 Å². The Morgan fingerprint density at radius 3 is 2.71 bits per heavy atom. The maximum absolute atomic E-state index is 12.6. The number of fused-ring (bicyclic) bond motifs is 3. The lowest BCUT2D eigenvalue weighted by Gasteiger charge is -2.50. The molecule has 0 saturated carbocycles. The number of nitrogen functional groups attached to an aromatic ring is 1. The van der Waals surface area contributed by atoms with Gasteiger partial charge in [-0.3, -0.25) is 10.0 Å². The van der Waals surface area contributed by atoms with Gasteiger partial charge in [0.05, 0.1) is 29.9 Å². The first-order chi connectivity index (χ1) is 11.3. The summed E-state index contributed by atoms with van der Waals surface area (Å²) in [5.41, 5.74) is 4.99. The first kappa shape index (κ1) is 17.3. The first-order valence-corrected chi connectivity index (χ1v) is 8.30. The van der Waals surface area contributed by atoms with E-state index in [0.29, 0.717) is 11.6 Å². The van der Waals surface area contributed by atoms with Crippen molar-refractivity contribution in [2.24, 2.45) is 5.92 Å². The van der Waals surface area contributed by atoms with Gasteiger partial charge in [0.1, 0.15) is 11.4 Å². The monoisotopic (exact) mass is 355 g/mol. The normalized spacial score (nSPS) is 28.7. The number of hydrogen-bond donors (Lipinski definition) is 3. The zero-order chi connectivity index (χ0) is 17.5. The molecule has 1 aromatic rings. The summed E-state index contributed by atoms with van der Waals surface area (Å²) in [5.74, 6) is -0.373. The second-order valence-electron chi connectivity index (χ2n) is 6.59. The fourth-order valence-corrected chi connectivity index (χ4v) is 3.86. The summed E-state index contributed by atoms with van der Waals surface area (Å²) >= 11 is 5.97. The van der Waals surface area contributed by atoms with E-state index in [-0.39, 0.29) is 34.5 Å². The molecule has 4 rings (SSSR count). The minimum Gasteiger partial charge on any atom is -0.496 e. The number of piperidine rings is 3. The Balaban J connectivity index is 1.79. The van der Waals surface area contributed by atoms with Gasteiger partial charge in [0.15, 0.2) is 0 Å². The molecule has 2 bridgehead atoms. The number of halogens is 1. The summed E-state index contributed by atoms with van der Waals surface area (Å²) in [6.07, 6.45) is 1.74. The van der Waals surface area contributed by atoms with Crippen LogP contribution in [0.5, 0.6) is 5.75 Å². The number of hydroxylamine groups is 2. The van der Waals surface area contributed by atoms with Crippen LogP contribution >= 0.6 is 11.6 Å². The predicted molar refractivity (Wildman–Crippen MR) is 89.4 cm³/mol. The van der Waals surface area contributed by atoms with Gasteiger partial charge < -0.3 is 20.5 Å². The lowest BCUT2D eigenvalue weighted by molar-refractivity contribution is -0.166. The van der Waals surface area contributed by atoms with Crippen LogP contribution in [-0.4, -0.2) is 65.1 Å². The molecular formula is C16H22ClN3O4. The molecule has 0 radical (unpaired) electrons. The van der Waals surface area contributed by atoms with E-state index in [4.69, 9.17) is 22.1 Å². The van der Waals surface area contributed by atoms with Crippen molar-refractivity contribution in [2.45, 2.75) is 18.4 Å². The smallest absolute Gasteiger partial charge is 0.281 e. The third kappa shape index (κ3) is 3.04. The highest BCUT2D eigenvalue weighted by molar-refractivity contribution is 6.33. The van der Waals surface area contributed by atoms with E-state index >= 15 is 0 Å². The number of rotatable bonds is 4. The standard InChI is InChI=1S/C16H22ClN3O4/c1-24-14-7-13(18)12(17)6-11(14)15(21)20(23)9-16(22)8-19-4-2-10(16)3-5-19/h6-7,10,22-23H,2-5,8-9,18H2,1H3. The third-order valence-corrected chi connectivity index (χ3v) is 5.38. The van der Waals surface area contributed by atoms with E-state index < -0.39 is 11.5 Å². The lowest BCUT2D eigenvalue weighted by atomic mass is 9.75. The second-order valence-corrected chi connectivity index (χ2v) is 7.00. The Morgan fingerprint density at radius 1 is 1.50 bits per heavy atom. The fraction of sp³-hybridized carbons (Fsp3) is 0.562. The fourth-order valence-electron chi connectivity index (χ4n) is 3.70. The van der Waals surface area contributed by atoms with Crippen LogP contribution in [0.1, 0.15) is 23.2 Å². The number of aliphatic hydroxyl groups is 1. The zero-order valence-electron chi connectivity index (χ0n) is 13.5. The van der Waals surface area contributed by atoms with Crippen LogP contribution in [0.15, 0.2) is 12.1 Å². The number of nitrogens with zero attached hydrogens (tertiary/aromatic N) is 2. The summed E-state index contributed by atoms with van der Waals surface area (Å²) in [6, 6.07) is 2.80. The van der Waals surface area contributed by atoms with E-state index in [9.17, 15) is 15.1 Å². The molecule has 0 spiro atoms. The van der Waals surface area contributed by atoms with Crippen molar-refractivity contribution in [1.29, 1.82) is 0 Å². The molecular weight excluding hydrogens is 334 g/mol. The second kappa shape index (κ2) is 6.40. The molecule has 3 aliphatic heterocycles. The zero-order valence-corrected chi connectivity index (χ0v) is 14.3. The van der Waals surface area contributed by atoms with Crippen LogP contribution < -0.4 is 10.5 Å². The van der Waals surface area contributed by atoms with Gasteiger partial charge in [0, 0.05) is 12.6 Å². The van der Waals surface area contributed by atoms with Crippen molar-refractivity contribution in [1.82, 2.24) is 9.96 Å². The van der Waals surface area contributed by atoms with Gasteiger partial charge in [-0.1, -0.05) is 11.6 Å². The topological polar surface area (TPSA) is 99.3 Å². The molecule has 4 N–H and O–H groups in total. The van der Waals surface area contributed by atoms with Crippen LogP contribution in [0.2, 0.25) is 5.02 Å². The molecule has 3 aliphatic rings. The highest BCUT2D eigenvalue weighted by Crippen LogP contribution is 2.36. The van der Waals surface area contributed by atoms with Gasteiger partial charge in [-0.25, -0.2) is 5.06 Å². The van der Waals surface area contributed by atoms with Gasteiger partial charge in [-0.15, -0.1) is 0 Å². The molecule has 1 atom stereocenters. The van der Waals surface area contributed by atoms with Crippen molar-refractivity contribution >= 4 is 23.2 Å². The van der Waals surface area contributed by atoms with Gasteiger partial charge >= 0.3 is 0 Å². The molecule has 8 heteroatoms. The number of nitrogens with two attached hydrogens (primary N) is 1. The van der Waals surface area contributed by atoms with Crippen molar-refractivity contribution in [3.8, 4) is 5.75 Å². The summed E-state index contributed by atoms with van der Waals surface area (Å²) < 4.78 is 5.15. The molecule has 24 heavy (non-hydrogen) atoms. The number of amides is 1. The number of carbonyl (C=O) groups is 1. The number of hydrogen-bond acceptors (Lipinski definition) is 6. The lowest BCUT2D eigenvalue weighted by Crippen LogP contribution is -2.63. The van der Waals surface area contributed by atoms with Crippen molar-refractivity contribution < 1.29 is 19.8 Å². The molecule has 132 valence electrons. The molecule has 1 unspecified atom stereocenters. The number of anilines is 1. The number of carbonyl (C=O) groups excluding carboxylic acids is 1. The summed E-state index contributed by atoms with van der Waals surface area (Å²) in [4.78, 5) is 14.7. The predicted octanol–water partition coefficient (Wildman–Crippen LogP) is 1.22. The van der Waals surface area contributed by atoms with E-state index in [1.165, 1.54) is 19.2 Å². The molecule has 0 aromatic heterocycles. The SMILES string of the molecule is COc1cc(N)c(Cl)cc1C(=O)N(O)CC1(O)CN2CCC1CC2. The summed E-state index contributed by atoms with van der Waals surface area (Å²) in [6.45, 7) is 2.21. The largest absolute Gasteiger partial charge is 0.496 e. The average Bonchev–Trinajstić information content (AvgIpc) is 2.56. The Kier molecular flexibility index (Phi) is 4.61. The van der Waals surface area contributed by atoms with Gasteiger partial charge in [0.25, 0.3) is 5.91 Å². The molecule has 1 aromatic carbocycles. The van der Waals surface area contributed by atoms with Crippen LogP contribution in [0.4, 0.5) is 5.69 Å². The maximum Gasteiger partial charge on any atom is 0.281 e. The molecule has 0 aliphatic carbocycles. The van der Waals surface area contributed by atoms with Gasteiger partial charge in [0.2, 0.25) is 0 Å². The highest BCUT2D eigenvalue weighted by atomic mass is 35.5. The minimum atomic E-state index is -1.11. The first-order valence-electron chi connectivity index (χ1n) is 7.92. The summed E-state index contributed by atoms with van der Waals surface area (Å²) in [7, 11) is 1.40. The van der Waals surface area contributed by atoms with Crippen LogP contribution in [0, 0.1) is 5.92 Å². The molecule has 7 nitrogen and oxygen atoms in total. The van der Waals surface area contributed by atoms with E-state index in [1.807, 2.05) is 0 Å². The Labute approximate surface area is 145 Å². The summed E-state index contributed by atoms with van der Waals surface area (Å²) in [5, 5.41) is 21.9. The van der Waals surface area contributed by atoms with Gasteiger partial charge in [-0.2, -0.15) is 0 Å².